The van der Waals surface area contributed by atoms with Crippen LogP contribution in [-0.4, -0.2) is 26.2 Å². The van der Waals surface area contributed by atoms with Crippen molar-refractivity contribution in [1.82, 2.24) is 10.6 Å². The third-order valence-corrected chi connectivity index (χ3v) is 5.02. The van der Waals surface area contributed by atoms with E-state index in [1.54, 1.807) is 13.1 Å². The van der Waals surface area contributed by atoms with E-state index in [2.05, 4.69) is 21.7 Å². The van der Waals surface area contributed by atoms with Gasteiger partial charge in [0.25, 0.3) is 0 Å². The highest BCUT2D eigenvalue weighted by atomic mass is 19.1. The van der Waals surface area contributed by atoms with Crippen molar-refractivity contribution in [3.05, 3.63) is 59.4 Å². The van der Waals surface area contributed by atoms with E-state index in [9.17, 15) is 4.39 Å². The molecule has 3 rings (SSSR count). The van der Waals surface area contributed by atoms with E-state index in [4.69, 9.17) is 9.47 Å². The van der Waals surface area contributed by atoms with Gasteiger partial charge < -0.3 is 20.1 Å². The zero-order valence-corrected chi connectivity index (χ0v) is 16.7. The summed E-state index contributed by atoms with van der Waals surface area (Å²) in [6, 6.07) is 12.9. The first kappa shape index (κ1) is 20.0. The molecule has 0 saturated heterocycles. The summed E-state index contributed by atoms with van der Waals surface area (Å²) < 4.78 is 25.0. The number of nitrogens with zero attached hydrogens (tertiary/aromatic N) is 1. The Morgan fingerprint density at radius 3 is 2.64 bits per heavy atom. The molecule has 0 spiro atoms. The van der Waals surface area contributed by atoms with Crippen molar-refractivity contribution in [2.24, 2.45) is 4.99 Å². The lowest BCUT2D eigenvalue weighted by Gasteiger charge is -2.27. The molecule has 150 valence electrons. The monoisotopic (exact) mass is 385 g/mol. The third-order valence-electron chi connectivity index (χ3n) is 5.02. The van der Waals surface area contributed by atoms with Crippen LogP contribution in [0, 0.1) is 5.82 Å². The average molecular weight is 385 g/mol. The molecule has 0 radical (unpaired) electrons. The summed E-state index contributed by atoms with van der Waals surface area (Å²) in [5.74, 6) is 1.42. The van der Waals surface area contributed by atoms with E-state index >= 15 is 0 Å². The molecule has 0 amide bonds. The lowest BCUT2D eigenvalue weighted by Crippen LogP contribution is -2.38. The van der Waals surface area contributed by atoms with Crippen LogP contribution in [0.5, 0.6) is 11.5 Å². The Labute approximate surface area is 166 Å². The van der Waals surface area contributed by atoms with Gasteiger partial charge in [-0.05, 0) is 49.9 Å². The van der Waals surface area contributed by atoms with Crippen LogP contribution in [0.2, 0.25) is 0 Å². The van der Waals surface area contributed by atoms with Crippen LogP contribution >= 0.6 is 0 Å². The fraction of sp³-hybridized carbons (Fsp3) is 0.409. The molecule has 0 bridgehead atoms. The van der Waals surface area contributed by atoms with Gasteiger partial charge in [0.15, 0.2) is 17.5 Å². The molecule has 1 fully saturated rings. The lowest BCUT2D eigenvalue weighted by molar-refractivity contribution is 0.119. The Bertz CT molecular complexity index is 821. The summed E-state index contributed by atoms with van der Waals surface area (Å²) in [6.45, 7) is 2.55. The van der Waals surface area contributed by atoms with E-state index < -0.39 is 0 Å². The number of aliphatic imine (C=N–C) groups is 1. The van der Waals surface area contributed by atoms with Gasteiger partial charge in [0.2, 0.25) is 0 Å². The predicted octanol–water partition coefficient (Wildman–Crippen LogP) is 4.19. The lowest BCUT2D eigenvalue weighted by atomic mass is 9.96. The molecule has 2 aromatic carbocycles. The van der Waals surface area contributed by atoms with Gasteiger partial charge in [0.05, 0.1) is 19.3 Å². The van der Waals surface area contributed by atoms with Gasteiger partial charge >= 0.3 is 0 Å². The summed E-state index contributed by atoms with van der Waals surface area (Å²) in [5.41, 5.74) is 1.90. The summed E-state index contributed by atoms with van der Waals surface area (Å²) in [5, 5.41) is 6.60. The van der Waals surface area contributed by atoms with Crippen molar-refractivity contribution in [3.63, 3.8) is 0 Å². The molecule has 5 nitrogen and oxygen atoms in total. The SMILES string of the molecule is CN=C(NCc1ccccc1OC1CCC1)NC(C)c1ccc(OC)c(F)c1. The van der Waals surface area contributed by atoms with Crippen molar-refractivity contribution in [2.75, 3.05) is 14.2 Å². The minimum absolute atomic E-state index is 0.118. The number of nitrogens with one attached hydrogen (secondary N) is 2. The number of guanidine groups is 1. The smallest absolute Gasteiger partial charge is 0.191 e. The van der Waals surface area contributed by atoms with E-state index in [0.717, 1.165) is 29.7 Å². The first-order valence-corrected chi connectivity index (χ1v) is 9.66. The van der Waals surface area contributed by atoms with Crippen molar-refractivity contribution in [2.45, 2.75) is 44.9 Å². The number of halogens is 1. The highest BCUT2D eigenvalue weighted by Gasteiger charge is 2.20. The van der Waals surface area contributed by atoms with Crippen LogP contribution in [0.3, 0.4) is 0 Å². The maximum Gasteiger partial charge on any atom is 0.191 e. The number of hydrogen-bond acceptors (Lipinski definition) is 3. The fourth-order valence-electron chi connectivity index (χ4n) is 3.05. The zero-order chi connectivity index (χ0) is 19.9. The standard InChI is InChI=1S/C22H28FN3O2/c1-15(16-11-12-21(27-3)19(23)13-16)26-22(24-2)25-14-17-7-4-5-10-20(17)28-18-8-6-9-18/h4-5,7,10-13,15,18H,6,8-9,14H2,1-3H3,(H2,24,25,26). The number of methoxy groups -OCH3 is 1. The summed E-state index contributed by atoms with van der Waals surface area (Å²) in [4.78, 5) is 4.28. The van der Waals surface area contributed by atoms with Gasteiger partial charge in [-0.3, -0.25) is 4.99 Å². The van der Waals surface area contributed by atoms with Crippen LogP contribution in [0.25, 0.3) is 0 Å². The maximum absolute atomic E-state index is 14.0. The number of rotatable bonds is 7. The largest absolute Gasteiger partial charge is 0.494 e. The van der Waals surface area contributed by atoms with Crippen LogP contribution in [0.4, 0.5) is 4.39 Å². The van der Waals surface area contributed by atoms with Gasteiger partial charge in [-0.1, -0.05) is 24.3 Å². The molecule has 6 heteroatoms. The average Bonchev–Trinajstić information content (AvgIpc) is 2.68. The molecule has 0 aliphatic heterocycles. The normalized spacial score (nSPS) is 15.5. The number of hydrogen-bond donors (Lipinski definition) is 2. The highest BCUT2D eigenvalue weighted by Crippen LogP contribution is 2.27. The molecule has 1 aliphatic carbocycles. The number of ether oxygens (including phenoxy) is 2. The topological polar surface area (TPSA) is 54.9 Å². The van der Waals surface area contributed by atoms with Gasteiger partial charge in [-0.2, -0.15) is 0 Å². The molecule has 2 N–H and O–H groups in total. The van der Waals surface area contributed by atoms with Crippen LogP contribution < -0.4 is 20.1 Å². The van der Waals surface area contributed by atoms with Gasteiger partial charge in [-0.15, -0.1) is 0 Å². The Balaban J connectivity index is 1.60. The first-order chi connectivity index (χ1) is 13.6. The molecule has 2 aromatic rings. The third kappa shape index (κ3) is 4.94. The second-order valence-electron chi connectivity index (χ2n) is 6.96. The van der Waals surface area contributed by atoms with Crippen molar-refractivity contribution < 1.29 is 13.9 Å². The van der Waals surface area contributed by atoms with Crippen molar-refractivity contribution >= 4 is 5.96 Å². The van der Waals surface area contributed by atoms with Gasteiger partial charge in [0.1, 0.15) is 5.75 Å². The fourth-order valence-corrected chi connectivity index (χ4v) is 3.05. The Morgan fingerprint density at radius 1 is 1.21 bits per heavy atom. The van der Waals surface area contributed by atoms with Crippen molar-refractivity contribution in [3.8, 4) is 11.5 Å². The molecular formula is C22H28FN3O2. The van der Waals surface area contributed by atoms with E-state index in [-0.39, 0.29) is 17.6 Å². The quantitative estimate of drug-likeness (QED) is 0.554. The predicted molar refractivity (Wildman–Crippen MR) is 109 cm³/mol. The molecule has 1 aliphatic rings. The highest BCUT2D eigenvalue weighted by molar-refractivity contribution is 5.80. The van der Waals surface area contributed by atoms with Gasteiger partial charge in [0, 0.05) is 19.2 Å². The molecule has 0 heterocycles. The summed E-state index contributed by atoms with van der Waals surface area (Å²) >= 11 is 0. The van der Waals surface area contributed by atoms with Crippen LogP contribution in [0.1, 0.15) is 43.4 Å². The first-order valence-electron chi connectivity index (χ1n) is 9.66. The summed E-state index contributed by atoms with van der Waals surface area (Å²) in [6.07, 6.45) is 3.83. The van der Waals surface area contributed by atoms with E-state index in [1.165, 1.54) is 19.6 Å². The number of para-hydroxylation sites is 1. The molecular weight excluding hydrogens is 357 g/mol. The maximum atomic E-state index is 14.0. The van der Waals surface area contributed by atoms with E-state index in [0.29, 0.717) is 18.6 Å². The Morgan fingerprint density at radius 2 is 2.00 bits per heavy atom. The molecule has 1 unspecified atom stereocenters. The molecule has 28 heavy (non-hydrogen) atoms. The molecule has 1 atom stereocenters. The second kappa shape index (κ2) is 9.44. The minimum atomic E-state index is -0.376. The Kier molecular flexibility index (Phi) is 6.74. The molecule has 0 aromatic heterocycles. The minimum Gasteiger partial charge on any atom is -0.494 e. The molecule has 1 saturated carbocycles. The van der Waals surface area contributed by atoms with Crippen LogP contribution in [0.15, 0.2) is 47.5 Å². The van der Waals surface area contributed by atoms with Crippen LogP contribution in [-0.2, 0) is 6.54 Å². The summed E-state index contributed by atoms with van der Waals surface area (Å²) in [7, 11) is 3.17. The zero-order valence-electron chi connectivity index (χ0n) is 16.7. The Hall–Kier alpha value is -2.76. The second-order valence-corrected chi connectivity index (χ2v) is 6.96. The number of benzene rings is 2. The van der Waals surface area contributed by atoms with Gasteiger partial charge in [-0.25, -0.2) is 4.39 Å². The van der Waals surface area contributed by atoms with Crippen molar-refractivity contribution in [1.29, 1.82) is 0 Å². The van der Waals surface area contributed by atoms with E-state index in [1.807, 2.05) is 31.2 Å².